The highest BCUT2D eigenvalue weighted by Crippen LogP contribution is 2.11. The Labute approximate surface area is 160 Å². The van der Waals surface area contributed by atoms with Gasteiger partial charge >= 0.3 is 5.97 Å². The van der Waals surface area contributed by atoms with Crippen LogP contribution in [0.25, 0.3) is 0 Å². The van der Waals surface area contributed by atoms with Gasteiger partial charge in [-0.15, -0.1) is 0 Å². The summed E-state index contributed by atoms with van der Waals surface area (Å²) in [7, 11) is 0. The van der Waals surface area contributed by atoms with E-state index in [0.29, 0.717) is 6.42 Å². The Bertz CT molecular complexity index is 633. The third kappa shape index (κ3) is 7.02. The van der Waals surface area contributed by atoms with Gasteiger partial charge in [0, 0.05) is 6.42 Å². The SMILES string of the molecule is CC[C@H](C)[C@H](NC(=O)[C@@H](N)C(C)C)C(=O)N[C@@H](Cc1ccccc1)C(=O)O. The van der Waals surface area contributed by atoms with Crippen molar-refractivity contribution in [2.24, 2.45) is 17.6 Å². The summed E-state index contributed by atoms with van der Waals surface area (Å²) in [4.78, 5) is 36.6. The first-order valence-corrected chi connectivity index (χ1v) is 9.30. The Balaban J connectivity index is 2.89. The average Bonchev–Trinajstić information content (AvgIpc) is 2.64. The van der Waals surface area contributed by atoms with Gasteiger partial charge in [0.1, 0.15) is 12.1 Å². The number of hydrogen-bond donors (Lipinski definition) is 4. The summed E-state index contributed by atoms with van der Waals surface area (Å²) >= 11 is 0. The molecule has 1 aromatic carbocycles. The van der Waals surface area contributed by atoms with E-state index in [1.54, 1.807) is 12.1 Å². The summed E-state index contributed by atoms with van der Waals surface area (Å²) in [5.41, 5.74) is 6.67. The minimum absolute atomic E-state index is 0.0736. The number of amides is 2. The van der Waals surface area contributed by atoms with E-state index in [2.05, 4.69) is 10.6 Å². The van der Waals surface area contributed by atoms with Crippen molar-refractivity contribution in [1.29, 1.82) is 0 Å². The summed E-state index contributed by atoms with van der Waals surface area (Å²) < 4.78 is 0. The molecule has 0 radical (unpaired) electrons. The van der Waals surface area contributed by atoms with Crippen LogP contribution in [0, 0.1) is 11.8 Å². The van der Waals surface area contributed by atoms with Crippen LogP contribution in [0.2, 0.25) is 0 Å². The summed E-state index contributed by atoms with van der Waals surface area (Å²) in [6, 6.07) is 6.41. The third-order valence-corrected chi connectivity index (χ3v) is 4.71. The molecule has 0 unspecified atom stereocenters. The fourth-order valence-corrected chi connectivity index (χ4v) is 2.57. The highest BCUT2D eigenvalue weighted by molar-refractivity contribution is 5.92. The summed E-state index contributed by atoms with van der Waals surface area (Å²) in [6.07, 6.45) is 0.806. The standard InChI is InChI=1S/C20H31N3O4/c1-5-13(4)17(23-18(24)16(21)12(2)3)19(25)22-15(20(26)27)11-14-9-7-6-8-10-14/h6-10,12-13,15-17H,5,11,21H2,1-4H3,(H,22,25)(H,23,24)(H,26,27)/t13-,15-,16-,17-/m0/s1. The molecular formula is C20H31N3O4. The lowest BCUT2D eigenvalue weighted by Gasteiger charge is -2.27. The first-order valence-electron chi connectivity index (χ1n) is 9.30. The molecule has 0 spiro atoms. The van der Waals surface area contributed by atoms with Crippen LogP contribution in [0.1, 0.15) is 39.7 Å². The molecule has 0 aliphatic carbocycles. The minimum Gasteiger partial charge on any atom is -0.480 e. The monoisotopic (exact) mass is 377 g/mol. The summed E-state index contributed by atoms with van der Waals surface area (Å²) in [5.74, 6) is -2.30. The molecule has 0 fully saturated rings. The lowest BCUT2D eigenvalue weighted by atomic mass is 9.96. The number of carboxylic acids is 1. The van der Waals surface area contributed by atoms with Crippen molar-refractivity contribution in [3.05, 3.63) is 35.9 Å². The number of carbonyl (C=O) groups is 3. The van der Waals surface area contributed by atoms with Crippen LogP contribution < -0.4 is 16.4 Å². The number of carboxylic acid groups (broad SMARTS) is 1. The Morgan fingerprint density at radius 3 is 2.11 bits per heavy atom. The van der Waals surface area contributed by atoms with Gasteiger partial charge in [0.25, 0.3) is 0 Å². The van der Waals surface area contributed by atoms with Gasteiger partial charge in [-0.25, -0.2) is 4.79 Å². The van der Waals surface area contributed by atoms with Crippen molar-refractivity contribution >= 4 is 17.8 Å². The number of nitrogens with one attached hydrogen (secondary N) is 2. The molecule has 0 saturated heterocycles. The quantitative estimate of drug-likeness (QED) is 0.490. The van der Waals surface area contributed by atoms with Gasteiger partial charge in [0.15, 0.2) is 0 Å². The Hall–Kier alpha value is -2.41. The van der Waals surface area contributed by atoms with E-state index in [-0.39, 0.29) is 18.3 Å². The first-order chi connectivity index (χ1) is 12.7. The van der Waals surface area contributed by atoms with Gasteiger partial charge in [-0.2, -0.15) is 0 Å². The smallest absolute Gasteiger partial charge is 0.326 e. The Morgan fingerprint density at radius 1 is 1.04 bits per heavy atom. The van der Waals surface area contributed by atoms with Gasteiger partial charge in [-0.1, -0.05) is 64.4 Å². The molecule has 0 saturated carbocycles. The maximum atomic E-state index is 12.7. The van der Waals surface area contributed by atoms with Crippen molar-refractivity contribution in [2.75, 3.05) is 0 Å². The lowest BCUT2D eigenvalue weighted by Crippen LogP contribution is -2.57. The van der Waals surface area contributed by atoms with Crippen molar-refractivity contribution in [3.8, 4) is 0 Å². The molecule has 27 heavy (non-hydrogen) atoms. The molecule has 0 aliphatic rings. The van der Waals surface area contributed by atoms with Gasteiger partial charge in [-0.3, -0.25) is 9.59 Å². The van der Waals surface area contributed by atoms with E-state index < -0.39 is 35.9 Å². The Kier molecular flexibility index (Phi) is 8.94. The zero-order valence-corrected chi connectivity index (χ0v) is 16.4. The first kappa shape index (κ1) is 22.6. The average molecular weight is 377 g/mol. The molecule has 150 valence electrons. The van der Waals surface area contributed by atoms with Crippen LogP contribution in [-0.2, 0) is 20.8 Å². The zero-order valence-electron chi connectivity index (χ0n) is 16.4. The summed E-state index contributed by atoms with van der Waals surface area (Å²) in [5, 5.41) is 14.7. The van der Waals surface area contributed by atoms with Crippen molar-refractivity contribution in [3.63, 3.8) is 0 Å². The normalized spacial score (nSPS) is 15.5. The van der Waals surface area contributed by atoms with E-state index in [1.807, 2.05) is 45.9 Å². The van der Waals surface area contributed by atoms with Crippen LogP contribution in [0.5, 0.6) is 0 Å². The molecule has 1 rings (SSSR count). The number of benzene rings is 1. The number of carbonyl (C=O) groups excluding carboxylic acids is 2. The van der Waals surface area contributed by atoms with Crippen LogP contribution in [0.4, 0.5) is 0 Å². The Morgan fingerprint density at radius 2 is 1.63 bits per heavy atom. The lowest BCUT2D eigenvalue weighted by molar-refractivity contribution is -0.142. The van der Waals surface area contributed by atoms with Crippen LogP contribution in [0.3, 0.4) is 0 Å². The van der Waals surface area contributed by atoms with Gasteiger partial charge in [-0.05, 0) is 17.4 Å². The molecule has 1 aromatic rings. The molecule has 2 amide bonds. The maximum absolute atomic E-state index is 12.7. The number of hydrogen-bond acceptors (Lipinski definition) is 4. The van der Waals surface area contributed by atoms with E-state index in [1.165, 1.54) is 0 Å². The van der Waals surface area contributed by atoms with E-state index in [0.717, 1.165) is 5.56 Å². The molecule has 4 atom stereocenters. The van der Waals surface area contributed by atoms with Crippen molar-refractivity contribution in [1.82, 2.24) is 10.6 Å². The van der Waals surface area contributed by atoms with Crippen molar-refractivity contribution < 1.29 is 19.5 Å². The van der Waals surface area contributed by atoms with Crippen molar-refractivity contribution in [2.45, 2.75) is 58.7 Å². The predicted octanol–water partition coefficient (Wildman–Crippen LogP) is 1.31. The van der Waals surface area contributed by atoms with Crippen LogP contribution in [-0.4, -0.2) is 41.0 Å². The highest BCUT2D eigenvalue weighted by Gasteiger charge is 2.31. The number of aliphatic carboxylic acids is 1. The van der Waals surface area contributed by atoms with Gasteiger partial charge < -0.3 is 21.5 Å². The fraction of sp³-hybridized carbons (Fsp3) is 0.550. The molecule has 0 aromatic heterocycles. The van der Waals surface area contributed by atoms with Crippen LogP contribution >= 0.6 is 0 Å². The van der Waals surface area contributed by atoms with E-state index in [9.17, 15) is 19.5 Å². The predicted molar refractivity (Wildman–Crippen MR) is 104 cm³/mol. The fourth-order valence-electron chi connectivity index (χ4n) is 2.57. The van der Waals surface area contributed by atoms with Gasteiger partial charge in [0.05, 0.1) is 6.04 Å². The molecule has 5 N–H and O–H groups in total. The third-order valence-electron chi connectivity index (χ3n) is 4.71. The number of nitrogens with two attached hydrogens (primary N) is 1. The topological polar surface area (TPSA) is 122 Å². The highest BCUT2D eigenvalue weighted by atomic mass is 16.4. The molecule has 7 nitrogen and oxygen atoms in total. The second-order valence-electron chi connectivity index (χ2n) is 7.23. The largest absolute Gasteiger partial charge is 0.480 e. The molecule has 0 heterocycles. The molecule has 0 bridgehead atoms. The maximum Gasteiger partial charge on any atom is 0.326 e. The van der Waals surface area contributed by atoms with E-state index in [4.69, 9.17) is 5.73 Å². The van der Waals surface area contributed by atoms with Crippen LogP contribution in [0.15, 0.2) is 30.3 Å². The van der Waals surface area contributed by atoms with Gasteiger partial charge in [0.2, 0.25) is 11.8 Å². The molecule has 7 heteroatoms. The second-order valence-corrected chi connectivity index (χ2v) is 7.23. The zero-order chi connectivity index (χ0) is 20.6. The molecule has 0 aliphatic heterocycles. The summed E-state index contributed by atoms with van der Waals surface area (Å²) in [6.45, 7) is 7.38. The number of rotatable bonds is 10. The molecular weight excluding hydrogens is 346 g/mol. The minimum atomic E-state index is -1.12. The second kappa shape index (κ2) is 10.7. The van der Waals surface area contributed by atoms with E-state index >= 15 is 0 Å².